The van der Waals surface area contributed by atoms with Crippen molar-refractivity contribution >= 4 is 0 Å². The third-order valence-electron chi connectivity index (χ3n) is 4.58. The Morgan fingerprint density at radius 1 is 1.33 bits per heavy atom. The highest BCUT2D eigenvalue weighted by atomic mass is 16.5. The first-order chi connectivity index (χ1) is 9.93. The predicted octanol–water partition coefficient (Wildman–Crippen LogP) is 1.85. The molecule has 120 valence electrons. The molecule has 1 saturated heterocycles. The topological polar surface area (TPSA) is 68.3 Å². The second-order valence-corrected chi connectivity index (χ2v) is 6.58. The van der Waals surface area contributed by atoms with E-state index in [1.54, 1.807) is 13.3 Å². The summed E-state index contributed by atoms with van der Waals surface area (Å²) in [5.74, 6) is 6.73. The van der Waals surface area contributed by atoms with Crippen LogP contribution in [0.2, 0.25) is 0 Å². The number of methoxy groups -OCH3 is 1. The van der Waals surface area contributed by atoms with Crippen LogP contribution in [0.1, 0.15) is 58.3 Å². The lowest BCUT2D eigenvalue weighted by Crippen LogP contribution is -2.53. The Morgan fingerprint density at radius 2 is 1.95 bits per heavy atom. The van der Waals surface area contributed by atoms with Crippen LogP contribution in [0.4, 0.5) is 0 Å². The molecule has 1 aliphatic heterocycles. The second kappa shape index (κ2) is 6.34. The van der Waals surface area contributed by atoms with Crippen molar-refractivity contribution in [3.63, 3.8) is 0 Å². The largest absolute Gasteiger partial charge is 0.493 e. The lowest BCUT2D eigenvalue weighted by molar-refractivity contribution is 0.100. The lowest BCUT2D eigenvalue weighted by Gasteiger charge is -2.42. The Balaban J connectivity index is 2.42. The molecular formula is C15H29N5O. The highest BCUT2D eigenvalue weighted by Gasteiger charge is 2.40. The number of hydrazine groups is 1. The van der Waals surface area contributed by atoms with Gasteiger partial charge in [-0.25, -0.2) is 5.43 Å². The molecule has 2 heterocycles. The quantitative estimate of drug-likeness (QED) is 0.619. The molecule has 2 rings (SSSR count). The summed E-state index contributed by atoms with van der Waals surface area (Å²) in [5, 5.41) is 4.47. The van der Waals surface area contributed by atoms with Gasteiger partial charge in [0.1, 0.15) is 5.69 Å². The van der Waals surface area contributed by atoms with Gasteiger partial charge in [0, 0.05) is 11.6 Å². The second-order valence-electron chi connectivity index (χ2n) is 6.58. The minimum atomic E-state index is -0.106. The zero-order valence-electron chi connectivity index (χ0n) is 13.9. The van der Waals surface area contributed by atoms with Crippen molar-refractivity contribution in [2.24, 2.45) is 5.84 Å². The van der Waals surface area contributed by atoms with Crippen LogP contribution in [0.25, 0.3) is 0 Å². The molecule has 0 bridgehead atoms. The Labute approximate surface area is 127 Å². The van der Waals surface area contributed by atoms with E-state index in [0.29, 0.717) is 0 Å². The number of aromatic nitrogens is 2. The number of nitrogens with two attached hydrogens (primary N) is 1. The number of nitrogens with zero attached hydrogens (tertiary/aromatic N) is 3. The van der Waals surface area contributed by atoms with Gasteiger partial charge in [-0.15, -0.1) is 0 Å². The number of hydrogen-bond acceptors (Lipinski definition) is 5. The van der Waals surface area contributed by atoms with Crippen LogP contribution in [-0.4, -0.2) is 40.4 Å². The van der Waals surface area contributed by atoms with Crippen molar-refractivity contribution in [1.82, 2.24) is 20.1 Å². The molecule has 1 atom stereocenters. The van der Waals surface area contributed by atoms with Crippen LogP contribution in [-0.2, 0) is 0 Å². The Hall–Kier alpha value is -1.11. The molecule has 3 N–H and O–H groups in total. The number of nitrogens with one attached hydrogen (secondary N) is 1. The molecule has 1 fully saturated rings. The Bertz CT molecular complexity index is 463. The standard InChI is InChI=1S/C15H29N5O/c1-11(2)20-13(12(21-5)10-17-20)14(18-16)15(3,4)19-8-6-7-9-19/h10-11,14,18H,6-9,16H2,1-5H3. The zero-order valence-corrected chi connectivity index (χ0v) is 13.9. The van der Waals surface area contributed by atoms with E-state index < -0.39 is 0 Å². The SMILES string of the molecule is COc1cnn(C(C)C)c1C(NN)C(C)(C)N1CCCC1. The Kier molecular flexibility index (Phi) is 4.91. The van der Waals surface area contributed by atoms with E-state index in [2.05, 4.69) is 43.1 Å². The molecule has 21 heavy (non-hydrogen) atoms. The first kappa shape index (κ1) is 16.3. The van der Waals surface area contributed by atoms with E-state index in [-0.39, 0.29) is 17.6 Å². The van der Waals surface area contributed by atoms with Crippen molar-refractivity contribution in [1.29, 1.82) is 0 Å². The van der Waals surface area contributed by atoms with Gasteiger partial charge >= 0.3 is 0 Å². The molecule has 0 amide bonds. The van der Waals surface area contributed by atoms with Gasteiger partial charge < -0.3 is 4.74 Å². The van der Waals surface area contributed by atoms with Gasteiger partial charge in [-0.3, -0.25) is 15.4 Å². The van der Waals surface area contributed by atoms with E-state index in [9.17, 15) is 0 Å². The first-order valence-electron chi connectivity index (χ1n) is 7.76. The molecule has 0 spiro atoms. The fourth-order valence-electron chi connectivity index (χ4n) is 3.29. The maximum Gasteiger partial charge on any atom is 0.161 e. The van der Waals surface area contributed by atoms with Crippen LogP contribution < -0.4 is 16.0 Å². The zero-order chi connectivity index (χ0) is 15.6. The van der Waals surface area contributed by atoms with Gasteiger partial charge in [0.25, 0.3) is 0 Å². The minimum absolute atomic E-state index is 0.0459. The molecular weight excluding hydrogens is 266 g/mol. The van der Waals surface area contributed by atoms with Crippen molar-refractivity contribution in [3.05, 3.63) is 11.9 Å². The van der Waals surface area contributed by atoms with Crippen LogP contribution in [0.3, 0.4) is 0 Å². The fourth-order valence-corrected chi connectivity index (χ4v) is 3.29. The molecule has 1 aromatic rings. The van der Waals surface area contributed by atoms with Gasteiger partial charge in [0.05, 0.1) is 19.3 Å². The van der Waals surface area contributed by atoms with Gasteiger partial charge in [0.2, 0.25) is 0 Å². The van der Waals surface area contributed by atoms with Gasteiger partial charge in [-0.05, 0) is 53.6 Å². The van der Waals surface area contributed by atoms with Crippen molar-refractivity contribution in [2.75, 3.05) is 20.2 Å². The van der Waals surface area contributed by atoms with Crippen LogP contribution in [0.5, 0.6) is 5.75 Å². The molecule has 0 radical (unpaired) electrons. The fraction of sp³-hybridized carbons (Fsp3) is 0.800. The number of ether oxygens (including phenoxy) is 1. The highest BCUT2D eigenvalue weighted by Crippen LogP contribution is 2.38. The summed E-state index contributed by atoms with van der Waals surface area (Å²) < 4.78 is 7.52. The molecule has 0 saturated carbocycles. The number of likely N-dealkylation sites (tertiary alicyclic amines) is 1. The monoisotopic (exact) mass is 295 g/mol. The highest BCUT2D eigenvalue weighted by molar-refractivity contribution is 5.31. The summed E-state index contributed by atoms with van der Waals surface area (Å²) in [4.78, 5) is 2.49. The van der Waals surface area contributed by atoms with Gasteiger partial charge in [-0.1, -0.05) is 0 Å². The first-order valence-corrected chi connectivity index (χ1v) is 7.76. The third-order valence-corrected chi connectivity index (χ3v) is 4.58. The summed E-state index contributed by atoms with van der Waals surface area (Å²) in [5.41, 5.74) is 3.92. The molecule has 6 heteroatoms. The lowest BCUT2D eigenvalue weighted by atomic mass is 9.90. The third kappa shape index (κ3) is 2.93. The van der Waals surface area contributed by atoms with E-state index in [0.717, 1.165) is 24.5 Å². The smallest absolute Gasteiger partial charge is 0.161 e. The van der Waals surface area contributed by atoms with Gasteiger partial charge in [-0.2, -0.15) is 5.10 Å². The average molecular weight is 295 g/mol. The van der Waals surface area contributed by atoms with E-state index >= 15 is 0 Å². The average Bonchev–Trinajstić information content (AvgIpc) is 3.08. The minimum Gasteiger partial charge on any atom is -0.493 e. The summed E-state index contributed by atoms with van der Waals surface area (Å²) in [6.07, 6.45) is 4.28. The molecule has 0 aliphatic carbocycles. The summed E-state index contributed by atoms with van der Waals surface area (Å²) >= 11 is 0. The van der Waals surface area contributed by atoms with E-state index in [4.69, 9.17) is 10.6 Å². The number of hydrogen-bond donors (Lipinski definition) is 2. The van der Waals surface area contributed by atoms with Crippen LogP contribution in [0, 0.1) is 0 Å². The summed E-state index contributed by atoms with van der Waals surface area (Å²) in [7, 11) is 1.68. The Morgan fingerprint density at radius 3 is 2.43 bits per heavy atom. The molecule has 1 aliphatic rings. The molecule has 6 nitrogen and oxygen atoms in total. The van der Waals surface area contributed by atoms with Crippen LogP contribution in [0.15, 0.2) is 6.20 Å². The number of rotatable bonds is 6. The maximum absolute atomic E-state index is 5.94. The van der Waals surface area contributed by atoms with E-state index in [1.165, 1.54) is 12.8 Å². The van der Waals surface area contributed by atoms with Crippen LogP contribution >= 0.6 is 0 Å². The van der Waals surface area contributed by atoms with Crippen molar-refractivity contribution in [3.8, 4) is 5.75 Å². The summed E-state index contributed by atoms with van der Waals surface area (Å²) in [6.45, 7) is 10.9. The van der Waals surface area contributed by atoms with Gasteiger partial charge in [0.15, 0.2) is 5.75 Å². The maximum atomic E-state index is 5.94. The van der Waals surface area contributed by atoms with Crippen molar-refractivity contribution in [2.45, 2.75) is 58.2 Å². The molecule has 1 unspecified atom stereocenters. The molecule has 0 aromatic carbocycles. The van der Waals surface area contributed by atoms with E-state index in [1.807, 2.05) is 4.68 Å². The summed E-state index contributed by atoms with van der Waals surface area (Å²) in [6, 6.07) is 0.213. The predicted molar refractivity (Wildman–Crippen MR) is 84.1 cm³/mol. The van der Waals surface area contributed by atoms with Crippen molar-refractivity contribution < 1.29 is 4.74 Å². The normalized spacial score (nSPS) is 18.4. The molecule has 1 aromatic heterocycles.